The fourth-order valence-electron chi connectivity index (χ4n) is 5.41. The Morgan fingerprint density at radius 1 is 0.946 bits per heavy atom. The Morgan fingerprint density at radius 3 is 2.49 bits per heavy atom. The van der Waals surface area contributed by atoms with Gasteiger partial charge in [-0.05, 0) is 110 Å². The number of methoxy groups -OCH3 is 1. The van der Waals surface area contributed by atoms with Crippen LogP contribution in [0, 0.1) is 6.92 Å². The maximum Gasteiger partial charge on any atom is 0.337 e. The SMILES string of the molecule is COC(=O)c1ccc(C)c(-c2ccc3c(=O)n(Cc4ccccc4)cc(CCCN4CCCC4)c3c2)c1. The lowest BCUT2D eigenvalue weighted by molar-refractivity contribution is 0.0601. The molecule has 0 N–H and O–H groups in total. The third-order valence-electron chi connectivity index (χ3n) is 7.45. The second-order valence-corrected chi connectivity index (χ2v) is 10.0. The normalized spacial score (nSPS) is 13.8. The van der Waals surface area contributed by atoms with Crippen LogP contribution in [-0.4, -0.2) is 42.2 Å². The Kier molecular flexibility index (Phi) is 7.52. The van der Waals surface area contributed by atoms with Crippen LogP contribution in [-0.2, 0) is 17.7 Å². The number of nitrogens with zero attached hydrogens (tertiary/aromatic N) is 2. The van der Waals surface area contributed by atoms with E-state index in [1.54, 1.807) is 6.07 Å². The summed E-state index contributed by atoms with van der Waals surface area (Å²) < 4.78 is 6.79. The van der Waals surface area contributed by atoms with E-state index in [0.717, 1.165) is 52.4 Å². The van der Waals surface area contributed by atoms with Crippen LogP contribution in [0.2, 0.25) is 0 Å². The van der Waals surface area contributed by atoms with Gasteiger partial charge in [0.2, 0.25) is 0 Å². The fourth-order valence-corrected chi connectivity index (χ4v) is 5.41. The molecule has 37 heavy (non-hydrogen) atoms. The Labute approximate surface area is 218 Å². The molecule has 1 aliphatic rings. The molecule has 0 aliphatic carbocycles. The number of likely N-dealkylation sites (tertiary alicyclic amines) is 1. The molecule has 1 aromatic heterocycles. The van der Waals surface area contributed by atoms with Gasteiger partial charge in [0, 0.05) is 11.6 Å². The Balaban J connectivity index is 1.56. The molecule has 0 bridgehead atoms. The van der Waals surface area contributed by atoms with Crippen LogP contribution < -0.4 is 5.56 Å². The van der Waals surface area contributed by atoms with Gasteiger partial charge in [0.05, 0.1) is 19.2 Å². The van der Waals surface area contributed by atoms with Gasteiger partial charge in [-0.25, -0.2) is 4.79 Å². The van der Waals surface area contributed by atoms with Crippen molar-refractivity contribution >= 4 is 16.7 Å². The van der Waals surface area contributed by atoms with Gasteiger partial charge in [0.25, 0.3) is 5.56 Å². The zero-order valence-corrected chi connectivity index (χ0v) is 21.7. The summed E-state index contributed by atoms with van der Waals surface area (Å²) >= 11 is 0. The summed E-state index contributed by atoms with van der Waals surface area (Å²) in [6.45, 7) is 6.05. The van der Waals surface area contributed by atoms with E-state index in [-0.39, 0.29) is 11.5 Å². The average Bonchev–Trinajstić information content (AvgIpc) is 3.45. The molecule has 190 valence electrons. The predicted molar refractivity (Wildman–Crippen MR) is 149 cm³/mol. The van der Waals surface area contributed by atoms with Gasteiger partial charge in [-0.15, -0.1) is 0 Å². The summed E-state index contributed by atoms with van der Waals surface area (Å²) in [7, 11) is 1.40. The maximum atomic E-state index is 13.6. The van der Waals surface area contributed by atoms with E-state index in [2.05, 4.69) is 29.3 Å². The van der Waals surface area contributed by atoms with Crippen LogP contribution in [0.3, 0.4) is 0 Å². The van der Waals surface area contributed by atoms with Crippen molar-refractivity contribution < 1.29 is 9.53 Å². The first-order chi connectivity index (χ1) is 18.0. The molecule has 0 atom stereocenters. The smallest absolute Gasteiger partial charge is 0.337 e. The summed E-state index contributed by atoms with van der Waals surface area (Å²) in [5, 5.41) is 1.73. The van der Waals surface area contributed by atoms with Gasteiger partial charge in [-0.1, -0.05) is 42.5 Å². The number of hydrogen-bond donors (Lipinski definition) is 0. The van der Waals surface area contributed by atoms with E-state index in [1.165, 1.54) is 38.6 Å². The first kappa shape index (κ1) is 25.0. The molecular weight excluding hydrogens is 460 g/mol. The molecule has 0 unspecified atom stereocenters. The summed E-state index contributed by atoms with van der Waals surface area (Å²) in [5.41, 5.74) is 5.88. The molecular formula is C32H34N2O3. The summed E-state index contributed by atoms with van der Waals surface area (Å²) in [4.78, 5) is 28.3. The summed E-state index contributed by atoms with van der Waals surface area (Å²) in [6.07, 6.45) is 6.60. The Hall–Kier alpha value is -3.70. The third-order valence-corrected chi connectivity index (χ3v) is 7.45. The Bertz CT molecular complexity index is 1470. The number of rotatable bonds is 8. The number of aromatic nitrogens is 1. The van der Waals surface area contributed by atoms with Crippen LogP contribution in [0.15, 0.2) is 77.7 Å². The van der Waals surface area contributed by atoms with Crippen molar-refractivity contribution in [1.82, 2.24) is 9.47 Å². The van der Waals surface area contributed by atoms with Crippen LogP contribution in [0.25, 0.3) is 21.9 Å². The molecule has 4 aromatic rings. The second kappa shape index (κ2) is 11.1. The van der Waals surface area contributed by atoms with Gasteiger partial charge in [-0.2, -0.15) is 0 Å². The van der Waals surface area contributed by atoms with Crippen molar-refractivity contribution in [2.24, 2.45) is 0 Å². The van der Waals surface area contributed by atoms with Crippen LogP contribution in [0.1, 0.15) is 46.3 Å². The van der Waals surface area contributed by atoms with E-state index in [0.29, 0.717) is 12.1 Å². The number of pyridine rings is 1. The third kappa shape index (κ3) is 5.52. The zero-order chi connectivity index (χ0) is 25.8. The number of carbonyl (C=O) groups excluding carboxylic acids is 1. The van der Waals surface area contributed by atoms with Crippen molar-refractivity contribution in [2.75, 3.05) is 26.7 Å². The van der Waals surface area contributed by atoms with E-state index in [4.69, 9.17) is 4.74 Å². The number of aryl methyl sites for hydroxylation is 2. The molecule has 0 spiro atoms. The molecule has 2 heterocycles. The first-order valence-corrected chi connectivity index (χ1v) is 13.1. The standard InChI is InChI=1S/C32H34N2O3/c1-23-12-13-26(32(36)37-2)20-29(23)25-14-15-28-30(19-25)27(11-8-18-33-16-6-7-17-33)22-34(31(28)35)21-24-9-4-3-5-10-24/h3-5,9-10,12-15,19-20,22H,6-8,11,16-18,21H2,1-2H3. The average molecular weight is 495 g/mol. The van der Waals surface area contributed by atoms with Crippen molar-refractivity contribution in [3.8, 4) is 11.1 Å². The minimum absolute atomic E-state index is 0.0220. The molecule has 1 fully saturated rings. The minimum atomic E-state index is -0.353. The maximum absolute atomic E-state index is 13.6. The molecule has 3 aromatic carbocycles. The number of ether oxygens (including phenoxy) is 1. The summed E-state index contributed by atoms with van der Waals surface area (Å²) in [5.74, 6) is -0.353. The number of carbonyl (C=O) groups is 1. The van der Waals surface area contributed by atoms with Crippen molar-refractivity contribution in [3.63, 3.8) is 0 Å². The summed E-state index contributed by atoms with van der Waals surface area (Å²) in [6, 6.07) is 21.8. The van der Waals surface area contributed by atoms with Crippen LogP contribution in [0.4, 0.5) is 0 Å². The molecule has 0 amide bonds. The highest BCUT2D eigenvalue weighted by atomic mass is 16.5. The number of esters is 1. The molecule has 1 aliphatic heterocycles. The Morgan fingerprint density at radius 2 is 1.73 bits per heavy atom. The van der Waals surface area contributed by atoms with Gasteiger partial charge in [0.1, 0.15) is 0 Å². The molecule has 1 saturated heterocycles. The van der Waals surface area contributed by atoms with Gasteiger partial charge >= 0.3 is 5.97 Å². The molecule has 0 saturated carbocycles. The zero-order valence-electron chi connectivity index (χ0n) is 21.7. The van der Waals surface area contributed by atoms with Crippen molar-refractivity contribution in [2.45, 2.75) is 39.2 Å². The quantitative estimate of drug-likeness (QED) is 0.289. The van der Waals surface area contributed by atoms with Gasteiger partial charge < -0.3 is 14.2 Å². The lowest BCUT2D eigenvalue weighted by Gasteiger charge is -2.17. The first-order valence-electron chi connectivity index (χ1n) is 13.1. The highest BCUT2D eigenvalue weighted by Crippen LogP contribution is 2.29. The predicted octanol–water partition coefficient (Wildman–Crippen LogP) is 5.84. The van der Waals surface area contributed by atoms with Gasteiger partial charge in [-0.3, -0.25) is 4.79 Å². The molecule has 0 radical (unpaired) electrons. The number of benzene rings is 3. The van der Waals surface area contributed by atoms with E-state index >= 15 is 0 Å². The highest BCUT2D eigenvalue weighted by Gasteiger charge is 2.15. The van der Waals surface area contributed by atoms with Gasteiger partial charge in [0.15, 0.2) is 0 Å². The lowest BCUT2D eigenvalue weighted by atomic mass is 9.94. The van der Waals surface area contributed by atoms with Crippen molar-refractivity contribution in [3.05, 3.63) is 106 Å². The van der Waals surface area contributed by atoms with E-state index in [1.807, 2.05) is 54.0 Å². The number of fused-ring (bicyclic) bond motifs is 1. The lowest BCUT2D eigenvalue weighted by Crippen LogP contribution is -2.23. The minimum Gasteiger partial charge on any atom is -0.465 e. The molecule has 5 heteroatoms. The van der Waals surface area contributed by atoms with Crippen molar-refractivity contribution in [1.29, 1.82) is 0 Å². The van der Waals surface area contributed by atoms with Crippen LogP contribution >= 0.6 is 0 Å². The fraction of sp³-hybridized carbons (Fsp3) is 0.312. The second-order valence-electron chi connectivity index (χ2n) is 10.0. The molecule has 5 rings (SSSR count). The molecule has 5 nitrogen and oxygen atoms in total. The topological polar surface area (TPSA) is 51.5 Å². The highest BCUT2D eigenvalue weighted by molar-refractivity contribution is 5.93. The monoisotopic (exact) mass is 494 g/mol. The largest absolute Gasteiger partial charge is 0.465 e. The van der Waals surface area contributed by atoms with E-state index < -0.39 is 0 Å². The van der Waals surface area contributed by atoms with Crippen LogP contribution in [0.5, 0.6) is 0 Å². The number of hydrogen-bond acceptors (Lipinski definition) is 4. The van der Waals surface area contributed by atoms with E-state index in [9.17, 15) is 9.59 Å².